The second-order valence-corrected chi connectivity index (χ2v) is 8.97. The Morgan fingerprint density at radius 2 is 1.89 bits per heavy atom. The Bertz CT molecular complexity index is 631. The fourth-order valence-electron chi connectivity index (χ4n) is 3.57. The highest BCUT2D eigenvalue weighted by Crippen LogP contribution is 2.40. The number of hydrogen-bond acceptors (Lipinski definition) is 5. The van der Waals surface area contributed by atoms with E-state index in [9.17, 15) is 14.4 Å². The molecule has 1 amide bonds. The fraction of sp³-hybridized carbons (Fsp3) is 0.667. The summed E-state index contributed by atoms with van der Waals surface area (Å²) in [6.45, 7) is 6.60. The van der Waals surface area contributed by atoms with Crippen LogP contribution in [-0.4, -0.2) is 30.3 Å². The van der Waals surface area contributed by atoms with Crippen LogP contribution in [-0.2, 0) is 14.3 Å². The van der Waals surface area contributed by atoms with Gasteiger partial charge in [0.05, 0.1) is 11.3 Å². The maximum Gasteiger partial charge on any atom is 0.306 e. The highest BCUT2D eigenvalue weighted by atomic mass is 32.1. The molecule has 0 radical (unpaired) electrons. The molecule has 1 aliphatic carbocycles. The normalized spacial score (nSPS) is 20.1. The van der Waals surface area contributed by atoms with E-state index >= 15 is 0 Å². The van der Waals surface area contributed by atoms with Crippen LogP contribution in [0.5, 0.6) is 0 Å². The van der Waals surface area contributed by atoms with Crippen molar-refractivity contribution in [2.75, 3.05) is 6.61 Å². The molecule has 0 bridgehead atoms. The predicted molar refractivity (Wildman–Crippen MR) is 107 cm³/mol. The molecule has 6 heteroatoms. The van der Waals surface area contributed by atoms with Gasteiger partial charge in [-0.1, -0.05) is 33.3 Å². The molecule has 5 nitrogen and oxygen atoms in total. The van der Waals surface area contributed by atoms with E-state index in [1.165, 1.54) is 17.8 Å². The monoisotopic (exact) mass is 393 g/mol. The Labute approximate surface area is 165 Å². The molecule has 1 aromatic rings. The first-order valence-corrected chi connectivity index (χ1v) is 10.7. The summed E-state index contributed by atoms with van der Waals surface area (Å²) in [4.78, 5) is 36.3. The van der Waals surface area contributed by atoms with Crippen molar-refractivity contribution in [2.24, 2.45) is 11.3 Å². The molecule has 1 fully saturated rings. The molecule has 1 saturated carbocycles. The van der Waals surface area contributed by atoms with E-state index in [1.807, 2.05) is 5.38 Å². The van der Waals surface area contributed by atoms with Gasteiger partial charge in [0.1, 0.15) is 0 Å². The van der Waals surface area contributed by atoms with Crippen LogP contribution in [0.4, 0.5) is 0 Å². The van der Waals surface area contributed by atoms with Crippen molar-refractivity contribution in [2.45, 2.75) is 71.8 Å². The van der Waals surface area contributed by atoms with E-state index < -0.39 is 5.97 Å². The third-order valence-electron chi connectivity index (χ3n) is 5.83. The molecule has 150 valence electrons. The fourth-order valence-corrected chi connectivity index (χ4v) is 4.27. The third-order valence-corrected chi connectivity index (χ3v) is 6.74. The Morgan fingerprint density at radius 3 is 2.48 bits per heavy atom. The smallest absolute Gasteiger partial charge is 0.306 e. The molecule has 0 unspecified atom stereocenters. The van der Waals surface area contributed by atoms with Crippen LogP contribution < -0.4 is 5.32 Å². The number of ketones is 1. The first-order valence-electron chi connectivity index (χ1n) is 9.83. The molecule has 0 aromatic carbocycles. The SMILES string of the molecule is CCC(C)(C)C1CCC(NC(=O)COC(=O)CCC(=O)c2cccs2)CC1. The van der Waals surface area contributed by atoms with E-state index in [4.69, 9.17) is 4.74 Å². The van der Waals surface area contributed by atoms with Gasteiger partial charge in [-0.25, -0.2) is 0 Å². The van der Waals surface area contributed by atoms with Gasteiger partial charge in [-0.2, -0.15) is 0 Å². The van der Waals surface area contributed by atoms with Crippen LogP contribution in [0.1, 0.15) is 75.4 Å². The minimum Gasteiger partial charge on any atom is -0.456 e. The lowest BCUT2D eigenvalue weighted by Gasteiger charge is -2.39. The Hall–Kier alpha value is -1.69. The Balaban J connectivity index is 1.62. The second kappa shape index (κ2) is 10.0. The summed E-state index contributed by atoms with van der Waals surface area (Å²) in [6.07, 6.45) is 5.47. The molecule has 0 saturated heterocycles. The summed E-state index contributed by atoms with van der Waals surface area (Å²) in [5, 5.41) is 4.80. The number of ether oxygens (including phenoxy) is 1. The third kappa shape index (κ3) is 6.76. The predicted octanol–water partition coefficient (Wildman–Crippen LogP) is 4.37. The van der Waals surface area contributed by atoms with Crippen molar-refractivity contribution in [3.05, 3.63) is 22.4 Å². The molecular weight excluding hydrogens is 362 g/mol. The average molecular weight is 394 g/mol. The van der Waals surface area contributed by atoms with Gasteiger partial charge in [-0.05, 0) is 48.5 Å². The van der Waals surface area contributed by atoms with Crippen LogP contribution >= 0.6 is 11.3 Å². The van der Waals surface area contributed by atoms with Crippen LogP contribution in [0.25, 0.3) is 0 Å². The molecule has 0 atom stereocenters. The topological polar surface area (TPSA) is 72.5 Å². The van der Waals surface area contributed by atoms with E-state index in [1.54, 1.807) is 12.1 Å². The van der Waals surface area contributed by atoms with E-state index in [0.717, 1.165) is 25.7 Å². The van der Waals surface area contributed by atoms with Crippen LogP contribution in [0.3, 0.4) is 0 Å². The van der Waals surface area contributed by atoms with Gasteiger partial charge in [-0.15, -0.1) is 11.3 Å². The zero-order valence-corrected chi connectivity index (χ0v) is 17.4. The molecule has 1 aliphatic rings. The van der Waals surface area contributed by atoms with Crippen molar-refractivity contribution in [1.29, 1.82) is 0 Å². The number of rotatable bonds is 9. The van der Waals surface area contributed by atoms with Gasteiger partial charge in [-0.3, -0.25) is 14.4 Å². The molecule has 2 rings (SSSR count). The standard InChI is InChI=1S/C21H31NO4S/c1-4-21(2,3)15-7-9-16(10-8-15)22-19(24)14-26-20(25)12-11-17(23)18-6-5-13-27-18/h5-6,13,15-16H,4,7-12,14H2,1-3H3,(H,22,24). The summed E-state index contributed by atoms with van der Waals surface area (Å²) in [5.41, 5.74) is 0.352. The summed E-state index contributed by atoms with van der Waals surface area (Å²) < 4.78 is 5.01. The number of amides is 1. The zero-order chi connectivity index (χ0) is 19.9. The lowest BCUT2D eigenvalue weighted by molar-refractivity contribution is -0.148. The molecular formula is C21H31NO4S. The van der Waals surface area contributed by atoms with Gasteiger partial charge in [0.15, 0.2) is 12.4 Å². The minimum absolute atomic E-state index is 0.00121. The summed E-state index contributed by atoms with van der Waals surface area (Å²) in [6, 6.07) is 3.71. The molecule has 0 spiro atoms. The van der Waals surface area contributed by atoms with Gasteiger partial charge >= 0.3 is 5.97 Å². The molecule has 0 aliphatic heterocycles. The number of hydrogen-bond donors (Lipinski definition) is 1. The van der Waals surface area contributed by atoms with Gasteiger partial charge < -0.3 is 10.1 Å². The molecule has 27 heavy (non-hydrogen) atoms. The van der Waals surface area contributed by atoms with Crippen LogP contribution in [0, 0.1) is 11.3 Å². The molecule has 1 N–H and O–H groups in total. The number of esters is 1. The highest BCUT2D eigenvalue weighted by Gasteiger charge is 2.32. The van der Waals surface area contributed by atoms with Gasteiger partial charge in [0.2, 0.25) is 0 Å². The van der Waals surface area contributed by atoms with E-state index in [-0.39, 0.29) is 37.2 Å². The number of thiophene rings is 1. The first-order chi connectivity index (χ1) is 12.8. The minimum atomic E-state index is -0.511. The summed E-state index contributed by atoms with van der Waals surface area (Å²) >= 11 is 1.36. The summed E-state index contributed by atoms with van der Waals surface area (Å²) in [5.74, 6) is -0.137. The Kier molecular flexibility index (Phi) is 8.02. The maximum atomic E-state index is 12.0. The second-order valence-electron chi connectivity index (χ2n) is 8.02. The quantitative estimate of drug-likeness (QED) is 0.500. The van der Waals surface area contributed by atoms with Crippen LogP contribution in [0.2, 0.25) is 0 Å². The molecule has 1 heterocycles. The number of carbonyl (C=O) groups is 3. The zero-order valence-electron chi connectivity index (χ0n) is 16.6. The lowest BCUT2D eigenvalue weighted by Crippen LogP contribution is -2.41. The van der Waals surface area contributed by atoms with Crippen molar-refractivity contribution in [3.63, 3.8) is 0 Å². The van der Waals surface area contributed by atoms with Crippen molar-refractivity contribution >= 4 is 29.0 Å². The van der Waals surface area contributed by atoms with E-state index in [0.29, 0.717) is 16.2 Å². The Morgan fingerprint density at radius 1 is 1.19 bits per heavy atom. The first kappa shape index (κ1) is 21.6. The number of nitrogens with one attached hydrogen (secondary N) is 1. The van der Waals surface area contributed by atoms with Crippen LogP contribution in [0.15, 0.2) is 17.5 Å². The van der Waals surface area contributed by atoms with Crippen molar-refractivity contribution in [3.8, 4) is 0 Å². The van der Waals surface area contributed by atoms with Gasteiger partial charge in [0.25, 0.3) is 5.91 Å². The highest BCUT2D eigenvalue weighted by molar-refractivity contribution is 7.12. The summed E-state index contributed by atoms with van der Waals surface area (Å²) in [7, 11) is 0. The van der Waals surface area contributed by atoms with Crippen molar-refractivity contribution < 1.29 is 19.1 Å². The lowest BCUT2D eigenvalue weighted by atomic mass is 9.69. The van der Waals surface area contributed by atoms with E-state index in [2.05, 4.69) is 26.1 Å². The molecule has 1 aromatic heterocycles. The van der Waals surface area contributed by atoms with Gasteiger partial charge in [0, 0.05) is 12.5 Å². The average Bonchev–Trinajstić information content (AvgIpc) is 3.19. The maximum absolute atomic E-state index is 12.0. The largest absolute Gasteiger partial charge is 0.456 e. The number of carbonyl (C=O) groups excluding carboxylic acids is 3. The van der Waals surface area contributed by atoms with Crippen molar-refractivity contribution in [1.82, 2.24) is 5.32 Å². The number of Topliss-reactive ketones (excluding diaryl/α,β-unsaturated/α-hetero) is 1.